The highest BCUT2D eigenvalue weighted by molar-refractivity contribution is 6.34. The number of hydrogen-bond acceptors (Lipinski definition) is 4. The van der Waals surface area contributed by atoms with Crippen LogP contribution in [0.5, 0.6) is 0 Å². The number of anilines is 2. The Morgan fingerprint density at radius 1 is 0.931 bits per heavy atom. The first-order valence-electron chi connectivity index (χ1n) is 8.57. The van der Waals surface area contributed by atoms with Crippen molar-refractivity contribution in [1.29, 1.82) is 0 Å². The van der Waals surface area contributed by atoms with Gasteiger partial charge in [-0.3, -0.25) is 19.7 Å². The van der Waals surface area contributed by atoms with E-state index < -0.39 is 10.8 Å². The van der Waals surface area contributed by atoms with Gasteiger partial charge in [-0.05, 0) is 48.9 Å². The number of non-ortho nitro benzene ring substituents is 1. The van der Waals surface area contributed by atoms with E-state index in [4.69, 9.17) is 11.6 Å². The average Bonchev–Trinajstić information content (AvgIpc) is 2.70. The summed E-state index contributed by atoms with van der Waals surface area (Å²) in [6.45, 7) is 1.80. The summed E-state index contributed by atoms with van der Waals surface area (Å²) in [7, 11) is 0. The maximum absolute atomic E-state index is 12.4. The van der Waals surface area contributed by atoms with Crippen LogP contribution >= 0.6 is 11.6 Å². The Kier molecular flexibility index (Phi) is 5.90. The second-order valence-corrected chi connectivity index (χ2v) is 6.63. The maximum atomic E-state index is 12.4. The molecule has 2 N–H and O–H groups in total. The van der Waals surface area contributed by atoms with Crippen molar-refractivity contribution in [3.8, 4) is 0 Å². The molecule has 0 unspecified atom stereocenters. The molecule has 0 heterocycles. The van der Waals surface area contributed by atoms with Crippen LogP contribution in [0.15, 0.2) is 66.7 Å². The average molecular weight is 410 g/mol. The first-order chi connectivity index (χ1) is 13.8. The molecule has 0 atom stereocenters. The van der Waals surface area contributed by atoms with Gasteiger partial charge in [0.05, 0.1) is 15.5 Å². The number of nitrogens with one attached hydrogen (secondary N) is 2. The number of aryl methyl sites for hydroxylation is 1. The molecule has 2 amide bonds. The molecule has 3 aromatic carbocycles. The third-order valence-electron chi connectivity index (χ3n) is 4.18. The van der Waals surface area contributed by atoms with Crippen molar-refractivity contribution in [1.82, 2.24) is 0 Å². The molecule has 146 valence electrons. The standard InChI is InChI=1S/C21H16ClN3O4/c1-13-11-15(7-10-19(13)24-20(26)14-5-3-2-4-6-14)23-21(27)17-9-8-16(25(28)29)12-18(17)22/h2-12H,1H3,(H,23,27)(H,24,26). The van der Waals surface area contributed by atoms with E-state index in [0.717, 1.165) is 11.6 Å². The van der Waals surface area contributed by atoms with Crippen LogP contribution in [0.25, 0.3) is 0 Å². The Labute approximate surface area is 171 Å². The van der Waals surface area contributed by atoms with Gasteiger partial charge in [0.25, 0.3) is 17.5 Å². The van der Waals surface area contributed by atoms with Gasteiger partial charge in [-0.25, -0.2) is 0 Å². The largest absolute Gasteiger partial charge is 0.322 e. The minimum Gasteiger partial charge on any atom is -0.322 e. The highest BCUT2D eigenvalue weighted by Crippen LogP contribution is 2.25. The molecule has 0 radical (unpaired) electrons. The molecule has 3 rings (SSSR count). The SMILES string of the molecule is Cc1cc(NC(=O)c2ccc([N+](=O)[O-])cc2Cl)ccc1NC(=O)c1ccccc1. The Bertz CT molecular complexity index is 1100. The summed E-state index contributed by atoms with van der Waals surface area (Å²) in [4.78, 5) is 34.9. The summed E-state index contributed by atoms with van der Waals surface area (Å²) in [5.74, 6) is -0.728. The highest BCUT2D eigenvalue weighted by atomic mass is 35.5. The monoisotopic (exact) mass is 409 g/mol. The number of benzene rings is 3. The first-order valence-corrected chi connectivity index (χ1v) is 8.95. The number of carbonyl (C=O) groups excluding carboxylic acids is 2. The number of amides is 2. The van der Waals surface area contributed by atoms with Crippen LogP contribution < -0.4 is 10.6 Å². The lowest BCUT2D eigenvalue weighted by atomic mass is 10.1. The minimum absolute atomic E-state index is 0.0137. The third kappa shape index (κ3) is 4.77. The molecule has 0 bridgehead atoms. The molecule has 0 aromatic heterocycles. The van der Waals surface area contributed by atoms with E-state index in [0.29, 0.717) is 16.9 Å². The van der Waals surface area contributed by atoms with Crippen molar-refractivity contribution in [2.24, 2.45) is 0 Å². The zero-order valence-electron chi connectivity index (χ0n) is 15.3. The summed E-state index contributed by atoms with van der Waals surface area (Å²) in [6.07, 6.45) is 0. The van der Waals surface area contributed by atoms with Crippen LogP contribution in [-0.2, 0) is 0 Å². The van der Waals surface area contributed by atoms with Gasteiger partial charge in [0.15, 0.2) is 0 Å². The maximum Gasteiger partial charge on any atom is 0.270 e. The molecule has 0 saturated heterocycles. The summed E-state index contributed by atoms with van der Waals surface area (Å²) in [5, 5.41) is 16.3. The molecular weight excluding hydrogens is 394 g/mol. The number of nitro groups is 1. The van der Waals surface area contributed by atoms with Gasteiger partial charge in [-0.1, -0.05) is 29.8 Å². The van der Waals surface area contributed by atoms with Gasteiger partial charge in [0.1, 0.15) is 0 Å². The second-order valence-electron chi connectivity index (χ2n) is 6.23. The number of halogens is 1. The van der Waals surface area contributed by atoms with Crippen molar-refractivity contribution >= 4 is 40.5 Å². The van der Waals surface area contributed by atoms with Crippen molar-refractivity contribution in [2.75, 3.05) is 10.6 Å². The van der Waals surface area contributed by atoms with E-state index in [-0.39, 0.29) is 22.2 Å². The lowest BCUT2D eigenvalue weighted by Gasteiger charge is -2.12. The fourth-order valence-corrected chi connectivity index (χ4v) is 2.93. The van der Waals surface area contributed by atoms with Gasteiger partial charge >= 0.3 is 0 Å². The molecule has 8 heteroatoms. The third-order valence-corrected chi connectivity index (χ3v) is 4.49. The van der Waals surface area contributed by atoms with Crippen LogP contribution in [-0.4, -0.2) is 16.7 Å². The fraction of sp³-hybridized carbons (Fsp3) is 0.0476. The zero-order valence-corrected chi connectivity index (χ0v) is 16.1. The molecule has 0 saturated carbocycles. The molecule has 0 fully saturated rings. The quantitative estimate of drug-likeness (QED) is 0.454. The molecule has 3 aromatic rings. The second kappa shape index (κ2) is 8.53. The van der Waals surface area contributed by atoms with Crippen molar-refractivity contribution in [3.05, 3.63) is 98.6 Å². The highest BCUT2D eigenvalue weighted by Gasteiger charge is 2.15. The van der Waals surface area contributed by atoms with Gasteiger partial charge in [0, 0.05) is 29.1 Å². The summed E-state index contributed by atoms with van der Waals surface area (Å²) >= 11 is 5.99. The fourth-order valence-electron chi connectivity index (χ4n) is 2.67. The first kappa shape index (κ1) is 20.0. The van der Waals surface area contributed by atoms with E-state index in [1.807, 2.05) is 6.07 Å². The molecular formula is C21H16ClN3O4. The Hall–Kier alpha value is -3.71. The number of rotatable bonds is 5. The van der Waals surface area contributed by atoms with E-state index in [1.165, 1.54) is 12.1 Å². The van der Waals surface area contributed by atoms with E-state index in [1.54, 1.807) is 49.4 Å². The number of hydrogen-bond donors (Lipinski definition) is 2. The Balaban J connectivity index is 1.73. The van der Waals surface area contributed by atoms with Crippen LogP contribution in [0.3, 0.4) is 0 Å². The number of carbonyl (C=O) groups is 2. The molecule has 0 aliphatic rings. The predicted octanol–water partition coefficient (Wildman–Crippen LogP) is 5.06. The molecule has 0 spiro atoms. The molecule has 0 aliphatic heterocycles. The molecule has 7 nitrogen and oxygen atoms in total. The van der Waals surface area contributed by atoms with Crippen molar-refractivity contribution in [3.63, 3.8) is 0 Å². The smallest absolute Gasteiger partial charge is 0.270 e. The topological polar surface area (TPSA) is 101 Å². The van der Waals surface area contributed by atoms with Gasteiger partial charge in [-0.2, -0.15) is 0 Å². The van der Waals surface area contributed by atoms with E-state index in [2.05, 4.69) is 10.6 Å². The van der Waals surface area contributed by atoms with Gasteiger partial charge in [-0.15, -0.1) is 0 Å². The molecule has 29 heavy (non-hydrogen) atoms. The normalized spacial score (nSPS) is 10.3. The summed E-state index contributed by atoms with van der Waals surface area (Å²) in [6, 6.07) is 17.5. The van der Waals surface area contributed by atoms with Crippen LogP contribution in [0.1, 0.15) is 26.3 Å². The lowest BCUT2D eigenvalue weighted by Crippen LogP contribution is -2.14. The van der Waals surface area contributed by atoms with Crippen LogP contribution in [0, 0.1) is 17.0 Å². The number of nitro benzene ring substituents is 1. The zero-order chi connectivity index (χ0) is 21.0. The summed E-state index contributed by atoms with van der Waals surface area (Å²) < 4.78 is 0. The van der Waals surface area contributed by atoms with Gasteiger partial charge in [0.2, 0.25) is 0 Å². The van der Waals surface area contributed by atoms with Crippen LogP contribution in [0.4, 0.5) is 17.1 Å². The Morgan fingerprint density at radius 3 is 2.28 bits per heavy atom. The van der Waals surface area contributed by atoms with E-state index in [9.17, 15) is 19.7 Å². The Morgan fingerprint density at radius 2 is 1.66 bits per heavy atom. The van der Waals surface area contributed by atoms with Crippen LogP contribution in [0.2, 0.25) is 5.02 Å². The van der Waals surface area contributed by atoms with Crippen molar-refractivity contribution in [2.45, 2.75) is 6.92 Å². The predicted molar refractivity (Wildman–Crippen MR) is 112 cm³/mol. The van der Waals surface area contributed by atoms with Crippen molar-refractivity contribution < 1.29 is 14.5 Å². The lowest BCUT2D eigenvalue weighted by molar-refractivity contribution is -0.384. The summed E-state index contributed by atoms with van der Waals surface area (Å²) in [5.41, 5.74) is 2.33. The molecule has 0 aliphatic carbocycles. The van der Waals surface area contributed by atoms with Gasteiger partial charge < -0.3 is 10.6 Å². The number of nitrogens with zero attached hydrogens (tertiary/aromatic N) is 1. The minimum atomic E-state index is -0.584. The van der Waals surface area contributed by atoms with E-state index >= 15 is 0 Å².